The molecule has 0 aliphatic rings. The van der Waals surface area contributed by atoms with Gasteiger partial charge in [0.25, 0.3) is 0 Å². The van der Waals surface area contributed by atoms with Gasteiger partial charge in [0.1, 0.15) is 5.75 Å². The van der Waals surface area contributed by atoms with E-state index in [0.29, 0.717) is 13.0 Å². The van der Waals surface area contributed by atoms with E-state index in [-0.39, 0.29) is 17.7 Å². The molecule has 0 fully saturated rings. The molecule has 1 atom stereocenters. The first-order chi connectivity index (χ1) is 8.63. The number of nitrogens with one attached hydrogen (secondary N) is 2. The van der Waals surface area contributed by atoms with E-state index in [4.69, 9.17) is 0 Å². The summed E-state index contributed by atoms with van der Waals surface area (Å²) in [6.07, 6.45) is 1.43. The minimum Gasteiger partial charge on any atom is -0.508 e. The van der Waals surface area contributed by atoms with Crippen LogP contribution in [0.3, 0.4) is 0 Å². The summed E-state index contributed by atoms with van der Waals surface area (Å²) in [4.78, 5) is 11.4. The van der Waals surface area contributed by atoms with Crippen molar-refractivity contribution >= 4 is 5.91 Å². The summed E-state index contributed by atoms with van der Waals surface area (Å²) < 4.78 is 0. The van der Waals surface area contributed by atoms with E-state index >= 15 is 0 Å². The Bertz CT molecular complexity index is 380. The third-order valence-corrected chi connectivity index (χ3v) is 2.74. The van der Waals surface area contributed by atoms with Gasteiger partial charge in [-0.3, -0.25) is 4.79 Å². The Kier molecular flexibility index (Phi) is 6.22. The smallest absolute Gasteiger partial charge is 0.221 e. The van der Waals surface area contributed by atoms with E-state index in [1.54, 1.807) is 12.1 Å². The van der Waals surface area contributed by atoms with Gasteiger partial charge in [0.2, 0.25) is 5.91 Å². The van der Waals surface area contributed by atoms with E-state index in [2.05, 4.69) is 10.6 Å². The van der Waals surface area contributed by atoms with Gasteiger partial charge in [-0.1, -0.05) is 19.1 Å². The molecular weight excluding hydrogens is 228 g/mol. The molecule has 0 aliphatic heterocycles. The molecule has 0 heterocycles. The average Bonchev–Trinajstić information content (AvgIpc) is 2.36. The number of carbonyl (C=O) groups excluding carboxylic acids is 1. The lowest BCUT2D eigenvalue weighted by atomic mass is 10.1. The Morgan fingerprint density at radius 3 is 2.83 bits per heavy atom. The maximum atomic E-state index is 11.4. The molecule has 100 valence electrons. The Morgan fingerprint density at radius 1 is 1.39 bits per heavy atom. The fraction of sp³-hybridized carbons (Fsp3) is 0.500. The predicted molar refractivity (Wildman–Crippen MR) is 72.4 cm³/mol. The summed E-state index contributed by atoms with van der Waals surface area (Å²) in [5.41, 5.74) is 1.02. The molecule has 1 aromatic rings. The van der Waals surface area contributed by atoms with E-state index in [0.717, 1.165) is 18.5 Å². The molecule has 4 nitrogen and oxygen atoms in total. The van der Waals surface area contributed by atoms with Gasteiger partial charge >= 0.3 is 0 Å². The highest BCUT2D eigenvalue weighted by Crippen LogP contribution is 2.17. The summed E-state index contributed by atoms with van der Waals surface area (Å²) in [5.74, 6) is 0.342. The predicted octanol–water partition coefficient (Wildman–Crippen LogP) is 1.96. The second-order valence-electron chi connectivity index (χ2n) is 4.37. The Morgan fingerprint density at radius 2 is 2.17 bits per heavy atom. The van der Waals surface area contributed by atoms with Crippen molar-refractivity contribution in [2.24, 2.45) is 0 Å². The number of carbonyl (C=O) groups is 1. The van der Waals surface area contributed by atoms with Gasteiger partial charge in [0.15, 0.2) is 0 Å². The van der Waals surface area contributed by atoms with E-state index in [9.17, 15) is 9.90 Å². The molecule has 1 rings (SSSR count). The maximum absolute atomic E-state index is 11.4. The van der Waals surface area contributed by atoms with Crippen LogP contribution in [0.2, 0.25) is 0 Å². The van der Waals surface area contributed by atoms with Gasteiger partial charge in [-0.05, 0) is 31.0 Å². The third-order valence-electron chi connectivity index (χ3n) is 2.74. The number of phenols is 1. The molecule has 4 heteroatoms. The highest BCUT2D eigenvalue weighted by Gasteiger charge is 2.06. The van der Waals surface area contributed by atoms with Crippen LogP contribution in [0.1, 0.15) is 38.3 Å². The minimum absolute atomic E-state index is 0.0764. The van der Waals surface area contributed by atoms with Crippen molar-refractivity contribution in [1.82, 2.24) is 10.6 Å². The monoisotopic (exact) mass is 250 g/mol. The Labute approximate surface area is 108 Å². The second-order valence-corrected chi connectivity index (χ2v) is 4.37. The van der Waals surface area contributed by atoms with Crippen molar-refractivity contribution in [1.29, 1.82) is 0 Å². The molecule has 1 unspecified atom stereocenters. The zero-order valence-corrected chi connectivity index (χ0v) is 11.1. The molecule has 1 amide bonds. The molecule has 0 spiro atoms. The van der Waals surface area contributed by atoms with Crippen LogP contribution in [0, 0.1) is 0 Å². The van der Waals surface area contributed by atoms with Crippen molar-refractivity contribution in [2.75, 3.05) is 13.1 Å². The molecule has 0 bridgehead atoms. The van der Waals surface area contributed by atoms with Crippen LogP contribution in [0.5, 0.6) is 5.75 Å². The van der Waals surface area contributed by atoms with Gasteiger partial charge in [-0.25, -0.2) is 0 Å². The molecule has 1 aromatic carbocycles. The van der Waals surface area contributed by atoms with Gasteiger partial charge < -0.3 is 15.7 Å². The lowest BCUT2D eigenvalue weighted by Gasteiger charge is -2.14. The summed E-state index contributed by atoms with van der Waals surface area (Å²) >= 11 is 0. The van der Waals surface area contributed by atoms with Crippen LogP contribution in [-0.2, 0) is 4.79 Å². The number of amides is 1. The van der Waals surface area contributed by atoms with Gasteiger partial charge in [-0.15, -0.1) is 0 Å². The van der Waals surface area contributed by atoms with Gasteiger partial charge in [-0.2, -0.15) is 0 Å². The fourth-order valence-electron chi connectivity index (χ4n) is 1.67. The number of hydrogen-bond donors (Lipinski definition) is 3. The molecule has 0 saturated heterocycles. The maximum Gasteiger partial charge on any atom is 0.221 e. The molecule has 0 saturated carbocycles. The molecule has 0 aliphatic carbocycles. The molecule has 18 heavy (non-hydrogen) atoms. The number of rotatable bonds is 7. The summed E-state index contributed by atoms with van der Waals surface area (Å²) in [6, 6.07) is 7.27. The van der Waals surface area contributed by atoms with Crippen LogP contribution in [-0.4, -0.2) is 24.1 Å². The van der Waals surface area contributed by atoms with Crippen LogP contribution >= 0.6 is 0 Å². The standard InChI is InChI=1S/C14H22N2O2/c1-3-8-16-14(18)7-9-15-11(2)12-5-4-6-13(17)10-12/h4-6,10-11,15,17H,3,7-9H2,1-2H3,(H,16,18). The normalized spacial score (nSPS) is 12.1. The van der Waals surface area contributed by atoms with Crippen molar-refractivity contribution in [3.05, 3.63) is 29.8 Å². The number of benzene rings is 1. The van der Waals surface area contributed by atoms with Crippen molar-refractivity contribution in [3.63, 3.8) is 0 Å². The topological polar surface area (TPSA) is 61.4 Å². The summed E-state index contributed by atoms with van der Waals surface area (Å²) in [5, 5.41) is 15.5. The molecule has 3 N–H and O–H groups in total. The number of hydrogen-bond acceptors (Lipinski definition) is 3. The van der Waals surface area contributed by atoms with Crippen molar-refractivity contribution in [2.45, 2.75) is 32.7 Å². The van der Waals surface area contributed by atoms with E-state index in [1.165, 1.54) is 0 Å². The van der Waals surface area contributed by atoms with Gasteiger partial charge in [0.05, 0.1) is 0 Å². The SMILES string of the molecule is CCCNC(=O)CCNC(C)c1cccc(O)c1. The zero-order valence-electron chi connectivity index (χ0n) is 11.1. The zero-order chi connectivity index (χ0) is 13.4. The second kappa shape index (κ2) is 7.71. The Balaban J connectivity index is 2.29. The van der Waals surface area contributed by atoms with Crippen LogP contribution in [0.15, 0.2) is 24.3 Å². The first-order valence-corrected chi connectivity index (χ1v) is 6.42. The third kappa shape index (κ3) is 5.19. The first kappa shape index (κ1) is 14.5. The largest absolute Gasteiger partial charge is 0.508 e. The highest BCUT2D eigenvalue weighted by atomic mass is 16.3. The molecule has 0 radical (unpaired) electrons. The van der Waals surface area contributed by atoms with E-state index < -0.39 is 0 Å². The molecular formula is C14H22N2O2. The number of phenolic OH excluding ortho intramolecular Hbond substituents is 1. The van der Waals surface area contributed by atoms with Crippen molar-refractivity contribution in [3.8, 4) is 5.75 Å². The molecule has 0 aromatic heterocycles. The summed E-state index contributed by atoms with van der Waals surface area (Å²) in [6.45, 7) is 5.41. The van der Waals surface area contributed by atoms with Crippen LogP contribution in [0.4, 0.5) is 0 Å². The van der Waals surface area contributed by atoms with Crippen LogP contribution in [0.25, 0.3) is 0 Å². The van der Waals surface area contributed by atoms with Crippen molar-refractivity contribution < 1.29 is 9.90 Å². The quantitative estimate of drug-likeness (QED) is 0.693. The number of aromatic hydroxyl groups is 1. The lowest BCUT2D eigenvalue weighted by molar-refractivity contribution is -0.121. The minimum atomic E-state index is 0.0764. The lowest BCUT2D eigenvalue weighted by Crippen LogP contribution is -2.29. The fourth-order valence-corrected chi connectivity index (χ4v) is 1.67. The van der Waals surface area contributed by atoms with Gasteiger partial charge in [0, 0.05) is 25.6 Å². The van der Waals surface area contributed by atoms with Crippen LogP contribution < -0.4 is 10.6 Å². The summed E-state index contributed by atoms with van der Waals surface area (Å²) in [7, 11) is 0. The average molecular weight is 250 g/mol. The Hall–Kier alpha value is -1.55. The highest BCUT2D eigenvalue weighted by molar-refractivity contribution is 5.75. The van der Waals surface area contributed by atoms with E-state index in [1.807, 2.05) is 26.0 Å². The first-order valence-electron chi connectivity index (χ1n) is 6.42.